The van der Waals surface area contributed by atoms with E-state index in [0.29, 0.717) is 22.5 Å². The number of thiophene rings is 1. The highest BCUT2D eigenvalue weighted by Crippen LogP contribution is 2.46. The number of rotatable bonds is 6. The van der Waals surface area contributed by atoms with Crippen LogP contribution in [0.5, 0.6) is 5.75 Å². The van der Waals surface area contributed by atoms with E-state index in [9.17, 15) is 10.4 Å². The molecule has 3 nitrogen and oxygen atoms in total. The first-order chi connectivity index (χ1) is 15.2. The molecule has 0 aliphatic rings. The second kappa shape index (κ2) is 9.25. The van der Waals surface area contributed by atoms with Crippen molar-refractivity contribution < 1.29 is 5.11 Å². The molecule has 1 heterocycles. The summed E-state index contributed by atoms with van der Waals surface area (Å²) in [6.45, 7) is 3.73. The lowest BCUT2D eigenvalue weighted by Gasteiger charge is -2.05. The Hall–Kier alpha value is -3.94. The lowest BCUT2D eigenvalue weighted by Crippen LogP contribution is -1.88. The van der Waals surface area contributed by atoms with E-state index in [-0.39, 0.29) is 5.75 Å². The number of aliphatic imine (C=N–C) groups is 1. The topological polar surface area (TPSA) is 56.4 Å². The molecule has 0 radical (unpaired) electrons. The van der Waals surface area contributed by atoms with Crippen LogP contribution in [0, 0.1) is 11.3 Å². The van der Waals surface area contributed by atoms with E-state index < -0.39 is 0 Å². The Morgan fingerprint density at radius 3 is 2.26 bits per heavy atom. The summed E-state index contributed by atoms with van der Waals surface area (Å²) in [6, 6.07) is 27.8. The van der Waals surface area contributed by atoms with Crippen molar-refractivity contribution in [2.24, 2.45) is 4.99 Å². The maximum Gasteiger partial charge on any atom is 0.135 e. The fraction of sp³-hybridized carbons (Fsp3) is 0.0370. The van der Waals surface area contributed by atoms with E-state index >= 15 is 0 Å². The monoisotopic (exact) mass is 420 g/mol. The van der Waals surface area contributed by atoms with E-state index in [2.05, 4.69) is 17.6 Å². The van der Waals surface area contributed by atoms with Crippen LogP contribution in [0.3, 0.4) is 0 Å². The number of phenols is 1. The van der Waals surface area contributed by atoms with Crippen LogP contribution in [-0.4, -0.2) is 11.3 Å². The second-order valence-electron chi connectivity index (χ2n) is 6.94. The number of nitriles is 1. The highest BCUT2D eigenvalue weighted by atomic mass is 32.1. The van der Waals surface area contributed by atoms with Crippen molar-refractivity contribution in [1.82, 2.24) is 0 Å². The molecule has 0 saturated heterocycles. The third-order valence-corrected chi connectivity index (χ3v) is 6.08. The summed E-state index contributed by atoms with van der Waals surface area (Å²) in [5.74, 6) is 0.188. The van der Waals surface area contributed by atoms with Crippen LogP contribution in [-0.2, 0) is 6.42 Å². The molecule has 1 aromatic heterocycles. The van der Waals surface area contributed by atoms with Gasteiger partial charge in [-0.15, -0.1) is 17.9 Å². The summed E-state index contributed by atoms with van der Waals surface area (Å²) in [7, 11) is 0. The van der Waals surface area contributed by atoms with Gasteiger partial charge in [0.2, 0.25) is 0 Å². The molecule has 0 bridgehead atoms. The zero-order valence-electron chi connectivity index (χ0n) is 16.8. The van der Waals surface area contributed by atoms with Crippen LogP contribution in [0.15, 0.2) is 96.5 Å². The minimum Gasteiger partial charge on any atom is -0.507 e. The molecule has 0 spiro atoms. The molecule has 0 saturated carbocycles. The van der Waals surface area contributed by atoms with E-state index in [4.69, 9.17) is 0 Å². The van der Waals surface area contributed by atoms with Gasteiger partial charge in [0.25, 0.3) is 0 Å². The minimum absolute atomic E-state index is 0.188. The quantitative estimate of drug-likeness (QED) is 0.266. The molecule has 3 aromatic carbocycles. The number of para-hydroxylation sites is 1. The number of aromatic hydroxyl groups is 1. The van der Waals surface area contributed by atoms with E-state index in [1.165, 1.54) is 11.3 Å². The maximum atomic E-state index is 10.5. The summed E-state index contributed by atoms with van der Waals surface area (Å²) in [4.78, 5) is 5.63. The van der Waals surface area contributed by atoms with E-state index in [0.717, 1.165) is 27.1 Å². The van der Waals surface area contributed by atoms with Gasteiger partial charge in [-0.1, -0.05) is 78.9 Å². The second-order valence-corrected chi connectivity index (χ2v) is 7.94. The highest BCUT2D eigenvalue weighted by Gasteiger charge is 2.20. The lowest BCUT2D eigenvalue weighted by atomic mass is 9.99. The molecule has 4 heteroatoms. The van der Waals surface area contributed by atoms with Gasteiger partial charge in [0, 0.05) is 22.2 Å². The summed E-state index contributed by atoms with van der Waals surface area (Å²) in [5, 5.41) is 21.2. The Kier molecular flexibility index (Phi) is 6.07. The van der Waals surface area contributed by atoms with Crippen LogP contribution in [0.2, 0.25) is 0 Å². The fourth-order valence-electron chi connectivity index (χ4n) is 3.45. The predicted octanol–water partition coefficient (Wildman–Crippen LogP) is 7.14. The number of hydrogen-bond acceptors (Lipinski definition) is 4. The van der Waals surface area contributed by atoms with Crippen LogP contribution in [0.1, 0.15) is 16.7 Å². The molecule has 1 N–H and O–H groups in total. The average Bonchev–Trinajstić information content (AvgIpc) is 3.19. The van der Waals surface area contributed by atoms with E-state index in [1.807, 2.05) is 72.8 Å². The third-order valence-electron chi connectivity index (χ3n) is 4.94. The van der Waals surface area contributed by atoms with Crippen molar-refractivity contribution in [1.29, 1.82) is 5.26 Å². The van der Waals surface area contributed by atoms with Gasteiger partial charge >= 0.3 is 0 Å². The van der Waals surface area contributed by atoms with Gasteiger partial charge in [0.05, 0.1) is 5.56 Å². The molecule has 4 rings (SSSR count). The minimum atomic E-state index is 0.188. The normalized spacial score (nSPS) is 10.8. The van der Waals surface area contributed by atoms with Crippen molar-refractivity contribution in [3.63, 3.8) is 0 Å². The summed E-state index contributed by atoms with van der Waals surface area (Å²) in [5.41, 5.74) is 4.84. The van der Waals surface area contributed by atoms with Crippen molar-refractivity contribution in [2.45, 2.75) is 6.42 Å². The van der Waals surface area contributed by atoms with Crippen molar-refractivity contribution in [3.05, 3.63) is 108 Å². The number of nitrogens with zero attached hydrogens (tertiary/aromatic N) is 2. The highest BCUT2D eigenvalue weighted by molar-refractivity contribution is 7.20. The number of allylic oxidation sites excluding steroid dienone is 1. The van der Waals surface area contributed by atoms with Crippen molar-refractivity contribution >= 4 is 22.6 Å². The average molecular weight is 421 g/mol. The molecule has 31 heavy (non-hydrogen) atoms. The van der Waals surface area contributed by atoms with Crippen LogP contribution >= 0.6 is 11.3 Å². The first-order valence-electron chi connectivity index (χ1n) is 9.86. The third kappa shape index (κ3) is 4.18. The fourth-order valence-corrected chi connectivity index (χ4v) is 4.58. The zero-order chi connectivity index (χ0) is 21.6. The van der Waals surface area contributed by atoms with Crippen molar-refractivity contribution in [2.75, 3.05) is 0 Å². The Labute approximate surface area is 185 Å². The number of hydrogen-bond donors (Lipinski definition) is 1. The first kappa shape index (κ1) is 20.3. The van der Waals surface area contributed by atoms with Gasteiger partial charge in [0.1, 0.15) is 16.8 Å². The van der Waals surface area contributed by atoms with Gasteiger partial charge in [-0.3, -0.25) is 0 Å². The van der Waals surface area contributed by atoms with E-state index in [1.54, 1.807) is 18.4 Å². The molecule has 0 unspecified atom stereocenters. The molecule has 0 fully saturated rings. The summed E-state index contributed by atoms with van der Waals surface area (Å²) >= 11 is 1.48. The van der Waals surface area contributed by atoms with Crippen LogP contribution in [0.25, 0.3) is 21.6 Å². The Morgan fingerprint density at radius 2 is 1.61 bits per heavy atom. The predicted molar refractivity (Wildman–Crippen MR) is 129 cm³/mol. The Balaban J connectivity index is 1.86. The molecule has 0 atom stereocenters. The molecule has 0 amide bonds. The van der Waals surface area contributed by atoms with Crippen LogP contribution in [0.4, 0.5) is 5.00 Å². The standard InChI is InChI=1S/C27H20N2OS/c1-2-10-20-15-9-16-22(25(20)30)18-29-27-23(17-28)24(19-11-5-3-6-12-19)26(31-27)21-13-7-4-8-14-21/h2-9,11-16,18,30H,1,10H2/b29-18+. The Morgan fingerprint density at radius 1 is 0.935 bits per heavy atom. The lowest BCUT2D eigenvalue weighted by molar-refractivity contribution is 0.469. The molecule has 0 aliphatic carbocycles. The van der Waals surface area contributed by atoms with Gasteiger partial charge in [-0.2, -0.15) is 5.26 Å². The molecule has 4 aromatic rings. The maximum absolute atomic E-state index is 10.5. The largest absolute Gasteiger partial charge is 0.507 e. The zero-order valence-corrected chi connectivity index (χ0v) is 17.6. The smallest absolute Gasteiger partial charge is 0.135 e. The van der Waals surface area contributed by atoms with Crippen molar-refractivity contribution in [3.8, 4) is 33.4 Å². The number of phenolic OH excluding ortho intramolecular Hbond substituents is 1. The van der Waals surface area contributed by atoms with Gasteiger partial charge in [0.15, 0.2) is 0 Å². The van der Waals surface area contributed by atoms with Crippen LogP contribution < -0.4 is 0 Å². The summed E-state index contributed by atoms with van der Waals surface area (Å²) in [6.07, 6.45) is 3.95. The first-order valence-corrected chi connectivity index (χ1v) is 10.7. The molecular formula is C27H20N2OS. The molecule has 150 valence electrons. The molecular weight excluding hydrogens is 400 g/mol. The number of benzene rings is 3. The summed E-state index contributed by atoms with van der Waals surface area (Å²) < 4.78 is 0. The Bertz CT molecular complexity index is 1280. The van der Waals surface area contributed by atoms with Gasteiger partial charge in [-0.25, -0.2) is 4.99 Å². The SMILES string of the molecule is C=CCc1cccc(/C=N/c2sc(-c3ccccc3)c(-c3ccccc3)c2C#N)c1O. The molecule has 0 aliphatic heterocycles. The van der Waals surface area contributed by atoms with Gasteiger partial charge < -0.3 is 5.11 Å². The van der Waals surface area contributed by atoms with Gasteiger partial charge in [-0.05, 0) is 29.2 Å².